The van der Waals surface area contributed by atoms with Crippen molar-refractivity contribution in [1.82, 2.24) is 9.88 Å². The number of likely N-dealkylation sites (N-methyl/N-ethyl adjacent to an activating group) is 1. The first-order valence-electron chi connectivity index (χ1n) is 6.84. The largest absolute Gasteiger partial charge is 0.399 e. The van der Waals surface area contributed by atoms with E-state index in [1.54, 1.807) is 30.3 Å². The van der Waals surface area contributed by atoms with E-state index in [1.165, 1.54) is 0 Å². The lowest BCUT2D eigenvalue weighted by Crippen LogP contribution is -2.27. The van der Waals surface area contributed by atoms with Gasteiger partial charge >= 0.3 is 0 Å². The SMILES string of the molecule is CN(CCc1ccccn1)C(=O)/C=C/c1cccc(N)c1. The Kier molecular flexibility index (Phi) is 5.10. The highest BCUT2D eigenvalue weighted by Crippen LogP contribution is 2.08. The van der Waals surface area contributed by atoms with Crippen LogP contribution >= 0.6 is 0 Å². The Balaban J connectivity index is 1.88. The summed E-state index contributed by atoms with van der Waals surface area (Å²) in [5, 5.41) is 0. The van der Waals surface area contributed by atoms with Gasteiger partial charge in [-0.1, -0.05) is 18.2 Å². The fourth-order valence-corrected chi connectivity index (χ4v) is 1.90. The summed E-state index contributed by atoms with van der Waals surface area (Å²) in [6.07, 6.45) is 5.84. The molecule has 2 N–H and O–H groups in total. The maximum Gasteiger partial charge on any atom is 0.246 e. The minimum atomic E-state index is -0.0339. The average molecular weight is 281 g/mol. The van der Waals surface area contributed by atoms with Crippen molar-refractivity contribution in [2.45, 2.75) is 6.42 Å². The summed E-state index contributed by atoms with van der Waals surface area (Å²) >= 11 is 0. The Bertz CT molecular complexity index is 623. The van der Waals surface area contributed by atoms with Crippen molar-refractivity contribution in [3.05, 3.63) is 66.0 Å². The standard InChI is InChI=1S/C17H19N3O/c1-20(12-10-16-7-2-3-11-19-16)17(21)9-8-14-5-4-6-15(18)13-14/h2-9,11,13H,10,12,18H2,1H3/b9-8+. The highest BCUT2D eigenvalue weighted by molar-refractivity contribution is 5.91. The molecule has 2 rings (SSSR count). The number of nitrogens with two attached hydrogens (primary N) is 1. The van der Waals surface area contributed by atoms with Crippen LogP contribution < -0.4 is 5.73 Å². The molecule has 0 saturated heterocycles. The van der Waals surface area contributed by atoms with Gasteiger partial charge in [-0.15, -0.1) is 0 Å². The molecule has 0 atom stereocenters. The first kappa shape index (κ1) is 14.8. The number of anilines is 1. The minimum absolute atomic E-state index is 0.0339. The maximum absolute atomic E-state index is 12.0. The van der Waals surface area contributed by atoms with Gasteiger partial charge in [0.15, 0.2) is 0 Å². The lowest BCUT2D eigenvalue weighted by molar-refractivity contribution is -0.124. The third-order valence-electron chi connectivity index (χ3n) is 3.13. The Morgan fingerprint density at radius 2 is 2.14 bits per heavy atom. The summed E-state index contributed by atoms with van der Waals surface area (Å²) in [4.78, 5) is 17.9. The monoisotopic (exact) mass is 281 g/mol. The molecule has 1 aromatic heterocycles. The van der Waals surface area contributed by atoms with Crippen LogP contribution in [0.25, 0.3) is 6.08 Å². The predicted octanol–water partition coefficient (Wildman–Crippen LogP) is 2.38. The number of nitrogens with zero attached hydrogens (tertiary/aromatic N) is 2. The second-order valence-corrected chi connectivity index (χ2v) is 4.83. The third-order valence-corrected chi connectivity index (χ3v) is 3.13. The van der Waals surface area contributed by atoms with Crippen molar-refractivity contribution in [3.8, 4) is 0 Å². The van der Waals surface area contributed by atoms with Gasteiger partial charge in [0, 0.05) is 43.7 Å². The number of rotatable bonds is 5. The van der Waals surface area contributed by atoms with Gasteiger partial charge in [0.05, 0.1) is 0 Å². The van der Waals surface area contributed by atoms with E-state index in [2.05, 4.69) is 4.98 Å². The highest BCUT2D eigenvalue weighted by atomic mass is 16.2. The Hall–Kier alpha value is -2.62. The molecule has 4 heteroatoms. The zero-order valence-corrected chi connectivity index (χ0v) is 12.1. The fraction of sp³-hybridized carbons (Fsp3) is 0.176. The first-order valence-corrected chi connectivity index (χ1v) is 6.84. The second kappa shape index (κ2) is 7.24. The number of pyridine rings is 1. The highest BCUT2D eigenvalue weighted by Gasteiger charge is 2.05. The molecule has 0 aliphatic carbocycles. The lowest BCUT2D eigenvalue weighted by atomic mass is 10.2. The van der Waals surface area contributed by atoms with Crippen LogP contribution in [0.4, 0.5) is 5.69 Å². The molecule has 2 aromatic rings. The molecule has 0 radical (unpaired) electrons. The Morgan fingerprint density at radius 1 is 1.29 bits per heavy atom. The maximum atomic E-state index is 12.0. The number of nitrogen functional groups attached to an aromatic ring is 1. The van der Waals surface area contributed by atoms with Crippen molar-refractivity contribution in [1.29, 1.82) is 0 Å². The van der Waals surface area contributed by atoms with E-state index in [0.717, 1.165) is 17.7 Å². The van der Waals surface area contributed by atoms with Crippen LogP contribution in [-0.4, -0.2) is 29.4 Å². The molecule has 0 aliphatic rings. The molecule has 0 aliphatic heterocycles. The van der Waals surface area contributed by atoms with E-state index in [9.17, 15) is 4.79 Å². The normalized spacial score (nSPS) is 10.7. The van der Waals surface area contributed by atoms with E-state index < -0.39 is 0 Å². The third kappa shape index (κ3) is 4.76. The Morgan fingerprint density at radius 3 is 2.86 bits per heavy atom. The van der Waals surface area contributed by atoms with Gasteiger partial charge in [0.2, 0.25) is 5.91 Å². The molecule has 0 spiro atoms. The number of amides is 1. The molecule has 0 unspecified atom stereocenters. The molecule has 4 nitrogen and oxygen atoms in total. The van der Waals surface area contributed by atoms with Gasteiger partial charge in [0.25, 0.3) is 0 Å². The molecule has 0 fully saturated rings. The van der Waals surface area contributed by atoms with Crippen LogP contribution in [0.2, 0.25) is 0 Å². The second-order valence-electron chi connectivity index (χ2n) is 4.83. The molecule has 21 heavy (non-hydrogen) atoms. The molecular formula is C17H19N3O. The number of hydrogen-bond donors (Lipinski definition) is 1. The lowest BCUT2D eigenvalue weighted by Gasteiger charge is -2.14. The first-order chi connectivity index (χ1) is 10.1. The van der Waals surface area contributed by atoms with Crippen molar-refractivity contribution in [3.63, 3.8) is 0 Å². The fourth-order valence-electron chi connectivity index (χ4n) is 1.90. The van der Waals surface area contributed by atoms with Gasteiger partial charge in [0.1, 0.15) is 0 Å². The van der Waals surface area contributed by atoms with Gasteiger partial charge < -0.3 is 10.6 Å². The molecule has 1 heterocycles. The number of benzene rings is 1. The topological polar surface area (TPSA) is 59.2 Å². The summed E-state index contributed by atoms with van der Waals surface area (Å²) in [5.74, 6) is -0.0339. The zero-order chi connectivity index (χ0) is 15.1. The molecule has 1 aromatic carbocycles. The number of aromatic nitrogens is 1. The van der Waals surface area contributed by atoms with Crippen LogP contribution in [0.1, 0.15) is 11.3 Å². The summed E-state index contributed by atoms with van der Waals surface area (Å²) in [7, 11) is 1.79. The van der Waals surface area contributed by atoms with Crippen molar-refractivity contribution >= 4 is 17.7 Å². The van der Waals surface area contributed by atoms with Gasteiger partial charge in [-0.2, -0.15) is 0 Å². The minimum Gasteiger partial charge on any atom is -0.399 e. The number of carbonyl (C=O) groups is 1. The van der Waals surface area contributed by atoms with Crippen LogP contribution in [0.5, 0.6) is 0 Å². The molecular weight excluding hydrogens is 262 g/mol. The molecule has 1 amide bonds. The van der Waals surface area contributed by atoms with E-state index >= 15 is 0 Å². The smallest absolute Gasteiger partial charge is 0.246 e. The summed E-state index contributed by atoms with van der Waals surface area (Å²) < 4.78 is 0. The molecule has 108 valence electrons. The van der Waals surface area contributed by atoms with Gasteiger partial charge in [-0.3, -0.25) is 9.78 Å². The molecule has 0 saturated carbocycles. The van der Waals surface area contributed by atoms with Crippen LogP contribution in [0.15, 0.2) is 54.7 Å². The van der Waals surface area contributed by atoms with E-state index in [0.29, 0.717) is 12.2 Å². The number of carbonyl (C=O) groups excluding carboxylic acids is 1. The van der Waals surface area contributed by atoms with E-state index in [-0.39, 0.29) is 5.91 Å². The summed E-state index contributed by atoms with van der Waals surface area (Å²) in [6, 6.07) is 13.2. The van der Waals surface area contributed by atoms with Crippen LogP contribution in [0.3, 0.4) is 0 Å². The number of hydrogen-bond acceptors (Lipinski definition) is 3. The van der Waals surface area contributed by atoms with Crippen LogP contribution in [0, 0.1) is 0 Å². The van der Waals surface area contributed by atoms with E-state index in [4.69, 9.17) is 5.73 Å². The Labute approximate surface area is 124 Å². The summed E-state index contributed by atoms with van der Waals surface area (Å²) in [6.45, 7) is 0.636. The zero-order valence-electron chi connectivity index (χ0n) is 12.1. The van der Waals surface area contributed by atoms with Crippen molar-refractivity contribution in [2.75, 3.05) is 19.3 Å². The van der Waals surface area contributed by atoms with Gasteiger partial charge in [-0.05, 0) is 35.9 Å². The molecule has 0 bridgehead atoms. The van der Waals surface area contributed by atoms with Crippen molar-refractivity contribution in [2.24, 2.45) is 0 Å². The average Bonchev–Trinajstić information content (AvgIpc) is 2.51. The predicted molar refractivity (Wildman–Crippen MR) is 85.5 cm³/mol. The summed E-state index contributed by atoms with van der Waals surface area (Å²) in [5.41, 5.74) is 8.29. The quantitative estimate of drug-likeness (QED) is 0.676. The van der Waals surface area contributed by atoms with Gasteiger partial charge in [-0.25, -0.2) is 0 Å². The van der Waals surface area contributed by atoms with E-state index in [1.807, 2.05) is 42.5 Å². The van der Waals surface area contributed by atoms with Crippen molar-refractivity contribution < 1.29 is 4.79 Å². The van der Waals surface area contributed by atoms with Crippen LogP contribution in [-0.2, 0) is 11.2 Å².